The molecule has 0 bridgehead atoms. The van der Waals surface area contributed by atoms with E-state index in [9.17, 15) is 4.79 Å². The van der Waals surface area contributed by atoms with Gasteiger partial charge in [0, 0.05) is 12.4 Å². The Kier molecular flexibility index (Phi) is 3.81. The molecule has 0 aromatic carbocycles. The Balaban J connectivity index is 2.21. The van der Waals surface area contributed by atoms with Crippen LogP contribution in [0.2, 0.25) is 0 Å². The van der Waals surface area contributed by atoms with Crippen molar-refractivity contribution in [1.29, 1.82) is 0 Å². The Bertz CT molecular complexity index is 576. The first kappa shape index (κ1) is 12.7. The molecular formula is C11H11N5O3. The summed E-state index contributed by atoms with van der Waals surface area (Å²) in [4.78, 5) is 27.4. The van der Waals surface area contributed by atoms with Gasteiger partial charge in [0.2, 0.25) is 5.88 Å². The molecule has 0 radical (unpaired) electrons. The average molecular weight is 261 g/mol. The largest absolute Gasteiger partial charge is 0.479 e. The lowest BCUT2D eigenvalue weighted by molar-refractivity contribution is 0.102. The highest BCUT2D eigenvalue weighted by Crippen LogP contribution is 2.22. The number of anilines is 1. The summed E-state index contributed by atoms with van der Waals surface area (Å²) >= 11 is 0. The number of ether oxygens (including phenoxy) is 2. The molecule has 2 aromatic heterocycles. The molecule has 2 aromatic rings. The minimum absolute atomic E-state index is 0.148. The summed E-state index contributed by atoms with van der Waals surface area (Å²) in [6, 6.07) is 0.148. The summed E-state index contributed by atoms with van der Waals surface area (Å²) in [5.41, 5.74) is 0.499. The molecule has 2 heterocycles. The number of rotatable bonds is 4. The number of hydrogen-bond acceptors (Lipinski definition) is 7. The van der Waals surface area contributed by atoms with E-state index in [0.29, 0.717) is 5.69 Å². The number of carbonyl (C=O) groups is 1. The lowest BCUT2D eigenvalue weighted by Gasteiger charge is -2.08. The Morgan fingerprint density at radius 2 is 2.00 bits per heavy atom. The molecule has 0 aliphatic rings. The first-order valence-corrected chi connectivity index (χ1v) is 5.27. The third-order valence-electron chi connectivity index (χ3n) is 2.15. The SMILES string of the molecule is COc1ncc(NC(=O)c2cnccn2)c(OC)n1. The van der Waals surface area contributed by atoms with Crippen LogP contribution in [-0.4, -0.2) is 40.1 Å². The molecule has 19 heavy (non-hydrogen) atoms. The first-order chi connectivity index (χ1) is 9.24. The van der Waals surface area contributed by atoms with Crippen LogP contribution in [0, 0.1) is 0 Å². The zero-order valence-electron chi connectivity index (χ0n) is 10.3. The Labute approximate surface area is 108 Å². The van der Waals surface area contributed by atoms with E-state index in [1.807, 2.05) is 0 Å². The molecule has 0 unspecified atom stereocenters. The van der Waals surface area contributed by atoms with Crippen molar-refractivity contribution in [2.45, 2.75) is 0 Å². The van der Waals surface area contributed by atoms with E-state index >= 15 is 0 Å². The maximum atomic E-state index is 11.9. The van der Waals surface area contributed by atoms with Gasteiger partial charge < -0.3 is 14.8 Å². The zero-order chi connectivity index (χ0) is 13.7. The fraction of sp³-hybridized carbons (Fsp3) is 0.182. The van der Waals surface area contributed by atoms with Crippen LogP contribution in [0.4, 0.5) is 5.69 Å². The van der Waals surface area contributed by atoms with Crippen LogP contribution < -0.4 is 14.8 Å². The minimum Gasteiger partial charge on any atom is -0.479 e. The average Bonchev–Trinajstić information content (AvgIpc) is 2.48. The van der Waals surface area contributed by atoms with Gasteiger partial charge in [-0.25, -0.2) is 9.97 Å². The molecular weight excluding hydrogens is 250 g/mol. The molecule has 1 amide bonds. The van der Waals surface area contributed by atoms with Gasteiger partial charge >= 0.3 is 6.01 Å². The van der Waals surface area contributed by atoms with Crippen LogP contribution in [0.25, 0.3) is 0 Å². The van der Waals surface area contributed by atoms with Gasteiger partial charge in [-0.15, -0.1) is 0 Å². The fourth-order valence-corrected chi connectivity index (χ4v) is 1.29. The number of nitrogens with one attached hydrogen (secondary N) is 1. The maximum Gasteiger partial charge on any atom is 0.319 e. The fourth-order valence-electron chi connectivity index (χ4n) is 1.29. The molecule has 98 valence electrons. The molecule has 8 heteroatoms. The van der Waals surface area contributed by atoms with Gasteiger partial charge in [-0.3, -0.25) is 9.78 Å². The van der Waals surface area contributed by atoms with Crippen LogP contribution in [0.15, 0.2) is 24.8 Å². The molecule has 0 aliphatic heterocycles. The second-order valence-corrected chi connectivity index (χ2v) is 3.32. The molecule has 0 fully saturated rings. The van der Waals surface area contributed by atoms with E-state index in [0.717, 1.165) is 0 Å². The number of hydrogen-bond donors (Lipinski definition) is 1. The van der Waals surface area contributed by atoms with Crippen molar-refractivity contribution in [1.82, 2.24) is 19.9 Å². The summed E-state index contributed by atoms with van der Waals surface area (Å²) in [5.74, 6) is -0.232. The highest BCUT2D eigenvalue weighted by Gasteiger charge is 2.13. The molecule has 0 saturated carbocycles. The van der Waals surface area contributed by atoms with Gasteiger partial charge in [0.1, 0.15) is 11.4 Å². The van der Waals surface area contributed by atoms with Crippen molar-refractivity contribution in [3.8, 4) is 11.9 Å². The summed E-state index contributed by atoms with van der Waals surface area (Å²) in [6.07, 6.45) is 5.65. The predicted octanol–water partition coefficient (Wildman–Crippen LogP) is 0.536. The van der Waals surface area contributed by atoms with Crippen molar-refractivity contribution in [3.05, 3.63) is 30.5 Å². The van der Waals surface area contributed by atoms with Crippen LogP contribution >= 0.6 is 0 Å². The molecule has 8 nitrogen and oxygen atoms in total. The van der Waals surface area contributed by atoms with Crippen LogP contribution in [-0.2, 0) is 0 Å². The van der Waals surface area contributed by atoms with E-state index in [4.69, 9.17) is 9.47 Å². The number of carbonyl (C=O) groups excluding carboxylic acids is 1. The molecule has 0 saturated heterocycles. The van der Waals surface area contributed by atoms with E-state index < -0.39 is 5.91 Å². The van der Waals surface area contributed by atoms with Gasteiger partial charge in [0.15, 0.2) is 0 Å². The Morgan fingerprint density at radius 1 is 1.16 bits per heavy atom. The molecule has 0 atom stereocenters. The Morgan fingerprint density at radius 3 is 2.63 bits per heavy atom. The van der Waals surface area contributed by atoms with Crippen LogP contribution in [0.3, 0.4) is 0 Å². The van der Waals surface area contributed by atoms with Crippen molar-refractivity contribution < 1.29 is 14.3 Å². The lowest BCUT2D eigenvalue weighted by atomic mass is 10.4. The third kappa shape index (κ3) is 2.92. The van der Waals surface area contributed by atoms with Crippen molar-refractivity contribution in [3.63, 3.8) is 0 Å². The molecule has 0 aliphatic carbocycles. The number of nitrogens with zero attached hydrogens (tertiary/aromatic N) is 4. The molecule has 0 spiro atoms. The summed E-state index contributed by atoms with van der Waals surface area (Å²) in [5, 5.41) is 2.58. The second kappa shape index (κ2) is 5.71. The standard InChI is InChI=1S/C11H11N5O3/c1-18-10-8(6-14-11(16-10)19-2)15-9(17)7-5-12-3-4-13-7/h3-6H,1-2H3,(H,15,17). The summed E-state index contributed by atoms with van der Waals surface area (Å²) in [6.45, 7) is 0. The highest BCUT2D eigenvalue weighted by molar-refractivity contribution is 6.03. The van der Waals surface area contributed by atoms with E-state index in [2.05, 4.69) is 25.3 Å². The Hall–Kier alpha value is -2.77. The first-order valence-electron chi connectivity index (χ1n) is 5.27. The molecule has 2 rings (SSSR count). The van der Waals surface area contributed by atoms with Gasteiger partial charge in [-0.2, -0.15) is 4.98 Å². The van der Waals surface area contributed by atoms with Gasteiger partial charge in [0.05, 0.1) is 26.6 Å². The van der Waals surface area contributed by atoms with Crippen molar-refractivity contribution in [2.24, 2.45) is 0 Å². The van der Waals surface area contributed by atoms with Crippen molar-refractivity contribution in [2.75, 3.05) is 19.5 Å². The minimum atomic E-state index is -0.430. The van der Waals surface area contributed by atoms with E-state index in [1.54, 1.807) is 0 Å². The van der Waals surface area contributed by atoms with Gasteiger partial charge in [-0.05, 0) is 0 Å². The highest BCUT2D eigenvalue weighted by atomic mass is 16.5. The lowest BCUT2D eigenvalue weighted by Crippen LogP contribution is -2.15. The normalized spacial score (nSPS) is 9.79. The van der Waals surface area contributed by atoms with Gasteiger partial charge in [-0.1, -0.05) is 0 Å². The monoisotopic (exact) mass is 261 g/mol. The maximum absolute atomic E-state index is 11.9. The zero-order valence-corrected chi connectivity index (χ0v) is 10.3. The molecule has 1 N–H and O–H groups in total. The van der Waals surface area contributed by atoms with Crippen molar-refractivity contribution >= 4 is 11.6 Å². The number of amides is 1. The quantitative estimate of drug-likeness (QED) is 0.857. The summed E-state index contributed by atoms with van der Waals surface area (Å²) in [7, 11) is 2.87. The number of aromatic nitrogens is 4. The third-order valence-corrected chi connectivity index (χ3v) is 2.15. The van der Waals surface area contributed by atoms with E-state index in [-0.39, 0.29) is 17.6 Å². The summed E-state index contributed by atoms with van der Waals surface area (Å²) < 4.78 is 9.91. The van der Waals surface area contributed by atoms with Crippen LogP contribution in [0.5, 0.6) is 11.9 Å². The van der Waals surface area contributed by atoms with E-state index in [1.165, 1.54) is 39.0 Å². The predicted molar refractivity (Wildman–Crippen MR) is 65.1 cm³/mol. The number of methoxy groups -OCH3 is 2. The van der Waals surface area contributed by atoms with Gasteiger partial charge in [0.25, 0.3) is 5.91 Å². The second-order valence-electron chi connectivity index (χ2n) is 3.32. The smallest absolute Gasteiger partial charge is 0.319 e. The topological polar surface area (TPSA) is 99.1 Å². The van der Waals surface area contributed by atoms with Crippen LogP contribution in [0.1, 0.15) is 10.5 Å².